The molecule has 3 aliphatic heterocycles. The van der Waals surface area contributed by atoms with Crippen LogP contribution < -0.4 is 10.9 Å². The SMILES string of the molecule is CC1CCCCn2c(=O)c(C3(C#N)CC3)cc3c(ncnc32)N[C@H](C)c2cccc(c2F)C(F)(F)C2CCN(CC2)C1. The lowest BCUT2D eigenvalue weighted by Gasteiger charge is -2.37. The van der Waals surface area contributed by atoms with E-state index in [0.29, 0.717) is 73.7 Å². The Labute approximate surface area is 243 Å². The third kappa shape index (κ3) is 5.06. The van der Waals surface area contributed by atoms with E-state index < -0.39 is 34.7 Å². The van der Waals surface area contributed by atoms with Gasteiger partial charge in [-0.25, -0.2) is 23.1 Å². The van der Waals surface area contributed by atoms with E-state index >= 15 is 13.2 Å². The number of anilines is 1. The van der Waals surface area contributed by atoms with Crippen molar-refractivity contribution >= 4 is 16.9 Å². The molecule has 4 aliphatic rings. The number of aryl methyl sites for hydroxylation is 1. The van der Waals surface area contributed by atoms with E-state index in [1.54, 1.807) is 17.6 Å². The first-order valence-electron chi connectivity index (χ1n) is 15.1. The molecule has 7 rings (SSSR count). The van der Waals surface area contributed by atoms with Crippen molar-refractivity contribution in [3.8, 4) is 6.07 Å². The van der Waals surface area contributed by atoms with Gasteiger partial charge in [-0.15, -0.1) is 0 Å². The quantitative estimate of drug-likeness (QED) is 0.366. The first-order valence-corrected chi connectivity index (χ1v) is 15.1. The summed E-state index contributed by atoms with van der Waals surface area (Å²) in [7, 11) is 0. The van der Waals surface area contributed by atoms with E-state index in [9.17, 15) is 10.1 Å². The number of nitrogens with one attached hydrogen (secondary N) is 1. The second-order valence-corrected chi connectivity index (χ2v) is 12.5. The molecule has 0 radical (unpaired) electrons. The molecular formula is C32H37F3N6O. The highest BCUT2D eigenvalue weighted by atomic mass is 19.3. The smallest absolute Gasteiger partial charge is 0.278 e. The number of pyridine rings is 1. The molecule has 42 heavy (non-hydrogen) atoms. The van der Waals surface area contributed by atoms with Crippen LogP contribution in [-0.2, 0) is 17.9 Å². The third-order valence-corrected chi connectivity index (χ3v) is 9.57. The number of aromatic nitrogens is 3. The second kappa shape index (κ2) is 11.0. The lowest BCUT2D eigenvalue weighted by Crippen LogP contribution is -2.41. The zero-order valence-electron chi connectivity index (χ0n) is 24.2. The van der Waals surface area contributed by atoms with Gasteiger partial charge in [0.2, 0.25) is 0 Å². The predicted octanol–water partition coefficient (Wildman–Crippen LogP) is 6.28. The van der Waals surface area contributed by atoms with Crippen LogP contribution in [0.15, 0.2) is 35.4 Å². The van der Waals surface area contributed by atoms with Gasteiger partial charge in [0.25, 0.3) is 11.5 Å². The summed E-state index contributed by atoms with van der Waals surface area (Å²) in [5.74, 6) is -4.39. The number of alkyl halides is 2. The molecule has 1 saturated carbocycles. The van der Waals surface area contributed by atoms with Gasteiger partial charge in [-0.05, 0) is 70.5 Å². The monoisotopic (exact) mass is 578 g/mol. The Balaban J connectivity index is 1.46. The Morgan fingerprint density at radius 1 is 1.05 bits per heavy atom. The molecule has 1 aliphatic carbocycles. The highest BCUT2D eigenvalue weighted by Gasteiger charge is 2.48. The van der Waals surface area contributed by atoms with Crippen LogP contribution >= 0.6 is 0 Å². The number of hydrogen-bond acceptors (Lipinski definition) is 6. The maximum Gasteiger partial charge on any atom is 0.278 e. The van der Waals surface area contributed by atoms with Gasteiger partial charge in [0.15, 0.2) is 0 Å². The van der Waals surface area contributed by atoms with Gasteiger partial charge in [-0.3, -0.25) is 9.36 Å². The fourth-order valence-corrected chi connectivity index (χ4v) is 6.83. The van der Waals surface area contributed by atoms with Gasteiger partial charge in [-0.1, -0.05) is 31.5 Å². The number of nitriles is 1. The van der Waals surface area contributed by atoms with Crippen LogP contribution in [-0.4, -0.2) is 39.1 Å². The average Bonchev–Trinajstić information content (AvgIpc) is 3.77. The fourth-order valence-electron chi connectivity index (χ4n) is 6.83. The molecule has 222 valence electrons. The van der Waals surface area contributed by atoms with Gasteiger partial charge in [-0.2, -0.15) is 5.26 Å². The molecule has 2 atom stereocenters. The molecule has 1 unspecified atom stereocenters. The molecule has 2 fully saturated rings. The van der Waals surface area contributed by atoms with E-state index in [1.165, 1.54) is 24.5 Å². The van der Waals surface area contributed by atoms with Crippen LogP contribution in [0.4, 0.5) is 19.0 Å². The van der Waals surface area contributed by atoms with Crippen molar-refractivity contribution in [3.05, 3.63) is 63.5 Å². The van der Waals surface area contributed by atoms with Gasteiger partial charge in [0, 0.05) is 30.1 Å². The van der Waals surface area contributed by atoms with Crippen molar-refractivity contribution in [3.63, 3.8) is 0 Å². The number of benzene rings is 1. The highest BCUT2D eigenvalue weighted by molar-refractivity contribution is 5.87. The zero-order valence-corrected chi connectivity index (χ0v) is 24.2. The van der Waals surface area contributed by atoms with Crippen LogP contribution in [0.5, 0.6) is 0 Å². The summed E-state index contributed by atoms with van der Waals surface area (Å²) in [4.78, 5) is 24.8. The van der Waals surface area contributed by atoms with E-state index in [4.69, 9.17) is 0 Å². The molecule has 7 nitrogen and oxygen atoms in total. The summed E-state index contributed by atoms with van der Waals surface area (Å²) in [6, 6.07) is 7.53. The number of rotatable bonds is 1. The van der Waals surface area contributed by atoms with Crippen LogP contribution in [0.25, 0.3) is 11.0 Å². The molecule has 3 aromatic rings. The molecule has 1 saturated heterocycles. The van der Waals surface area contributed by atoms with Crippen molar-refractivity contribution in [1.82, 2.24) is 19.4 Å². The maximum atomic E-state index is 15.9. The first-order chi connectivity index (χ1) is 20.1. The standard InChI is InChI=1S/C32H37F3N6O/c1-20-6-3-4-13-41-29-24(16-26(30(41)42)31(18-36)11-12-31)28(37-19-38-29)39-21(2)23-7-5-8-25(27(23)33)32(34,35)22-9-14-40(17-20)15-10-22/h5,7-8,16,19-22H,3-4,6,9-15,17H2,1-2H3,(H,37,38,39)/t20?,21-/m1/s1. The highest BCUT2D eigenvalue weighted by Crippen LogP contribution is 2.47. The number of piperidine rings is 1. The molecular weight excluding hydrogens is 541 g/mol. The minimum atomic E-state index is -3.29. The van der Waals surface area contributed by atoms with Crippen LogP contribution in [0.3, 0.4) is 0 Å². The van der Waals surface area contributed by atoms with Crippen LogP contribution in [0, 0.1) is 29.0 Å². The molecule has 0 spiro atoms. The molecule has 10 heteroatoms. The van der Waals surface area contributed by atoms with Crippen molar-refractivity contribution in [2.45, 2.75) is 82.7 Å². The van der Waals surface area contributed by atoms with Crippen molar-refractivity contribution < 1.29 is 13.2 Å². The number of halogens is 3. The molecule has 1 aromatic carbocycles. The topological polar surface area (TPSA) is 86.8 Å². The van der Waals surface area contributed by atoms with Crippen LogP contribution in [0.1, 0.15) is 81.5 Å². The summed E-state index contributed by atoms with van der Waals surface area (Å²) in [5.41, 5.74) is -0.622. The van der Waals surface area contributed by atoms with Crippen LogP contribution in [0.2, 0.25) is 0 Å². The number of fused-ring (bicyclic) bond motifs is 8. The maximum absolute atomic E-state index is 15.9. The summed E-state index contributed by atoms with van der Waals surface area (Å²) in [6.07, 6.45) is 5.82. The van der Waals surface area contributed by atoms with Gasteiger partial charge in [0.1, 0.15) is 23.6 Å². The normalized spacial score (nSPS) is 27.2. The Morgan fingerprint density at radius 3 is 2.52 bits per heavy atom. The fraction of sp³-hybridized carbons (Fsp3) is 0.562. The summed E-state index contributed by atoms with van der Waals surface area (Å²) < 4.78 is 49.2. The number of hydrogen-bond donors (Lipinski definition) is 1. The summed E-state index contributed by atoms with van der Waals surface area (Å²) >= 11 is 0. The summed E-state index contributed by atoms with van der Waals surface area (Å²) in [5, 5.41) is 13.7. The number of nitrogens with zero attached hydrogens (tertiary/aromatic N) is 5. The van der Waals surface area contributed by atoms with Gasteiger partial charge < -0.3 is 10.2 Å². The first kappa shape index (κ1) is 28.7. The lowest BCUT2D eigenvalue weighted by molar-refractivity contribution is -0.0886. The minimum absolute atomic E-state index is 0.115. The van der Waals surface area contributed by atoms with Crippen molar-refractivity contribution in [1.29, 1.82) is 5.26 Å². The lowest BCUT2D eigenvalue weighted by atomic mass is 9.85. The molecule has 1 N–H and O–H groups in total. The van der Waals surface area contributed by atoms with E-state index in [2.05, 4.69) is 33.2 Å². The minimum Gasteiger partial charge on any atom is -0.363 e. The Hall–Kier alpha value is -3.45. The second-order valence-electron chi connectivity index (χ2n) is 12.5. The Morgan fingerprint density at radius 2 is 1.81 bits per heavy atom. The largest absolute Gasteiger partial charge is 0.363 e. The molecule has 2 aromatic heterocycles. The van der Waals surface area contributed by atoms with Crippen molar-refractivity contribution in [2.24, 2.45) is 11.8 Å². The van der Waals surface area contributed by atoms with Gasteiger partial charge >= 0.3 is 0 Å². The average molecular weight is 579 g/mol. The zero-order chi connectivity index (χ0) is 29.6. The van der Waals surface area contributed by atoms with Crippen molar-refractivity contribution in [2.75, 3.05) is 25.0 Å². The Bertz CT molecular complexity index is 1590. The summed E-state index contributed by atoms with van der Waals surface area (Å²) in [6.45, 7) is 6.29. The Kier molecular flexibility index (Phi) is 7.50. The third-order valence-electron chi connectivity index (χ3n) is 9.57. The molecule has 8 bridgehead atoms. The van der Waals surface area contributed by atoms with E-state index in [0.717, 1.165) is 25.8 Å². The van der Waals surface area contributed by atoms with E-state index in [1.807, 2.05) is 0 Å². The molecule has 0 amide bonds. The van der Waals surface area contributed by atoms with E-state index in [-0.39, 0.29) is 11.1 Å². The molecule has 5 heterocycles. The van der Waals surface area contributed by atoms with Gasteiger partial charge in [0.05, 0.1) is 28.5 Å². The predicted molar refractivity (Wildman–Crippen MR) is 155 cm³/mol.